The lowest BCUT2D eigenvalue weighted by Gasteiger charge is -2.12. The first-order valence-electron chi connectivity index (χ1n) is 6.64. The van der Waals surface area contributed by atoms with Crippen molar-refractivity contribution >= 4 is 11.9 Å². The van der Waals surface area contributed by atoms with Gasteiger partial charge in [0.1, 0.15) is 0 Å². The van der Waals surface area contributed by atoms with E-state index in [1.165, 1.54) is 18.6 Å². The molecule has 1 aromatic rings. The van der Waals surface area contributed by atoms with Crippen LogP contribution in [-0.2, 0) is 17.6 Å². The van der Waals surface area contributed by atoms with Gasteiger partial charge in [-0.1, -0.05) is 31.4 Å². The highest BCUT2D eigenvalue weighted by atomic mass is 16.5. The maximum Gasteiger partial charge on any atom is 0.336 e. The molecule has 0 heterocycles. The average molecular weight is 316 g/mol. The van der Waals surface area contributed by atoms with Crippen molar-refractivity contribution in [3.05, 3.63) is 85.4 Å². The Morgan fingerprint density at radius 1 is 0.957 bits per heavy atom. The summed E-state index contributed by atoms with van der Waals surface area (Å²) in [7, 11) is 0. The van der Waals surface area contributed by atoms with E-state index in [4.69, 9.17) is 5.11 Å². The molecule has 0 atom stereocenters. The molecule has 5 nitrogen and oxygen atoms in total. The maximum absolute atomic E-state index is 11.3. The van der Waals surface area contributed by atoms with Crippen LogP contribution >= 0.6 is 0 Å². The first-order chi connectivity index (χ1) is 10.9. The third-order valence-electron chi connectivity index (χ3n) is 2.76. The fraction of sp³-hybridized carbons (Fsp3) is 0.111. The summed E-state index contributed by atoms with van der Waals surface area (Å²) in [6, 6.07) is 2.94. The van der Waals surface area contributed by atoms with Crippen molar-refractivity contribution in [3.63, 3.8) is 0 Å². The molecular weight excluding hydrogens is 296 g/mol. The zero-order valence-corrected chi connectivity index (χ0v) is 12.8. The molecule has 122 valence electrons. The highest BCUT2D eigenvalue weighted by molar-refractivity contribution is 6.03. The molecule has 1 rings (SSSR count). The smallest absolute Gasteiger partial charge is 0.336 e. The predicted octanol–water partition coefficient (Wildman–Crippen LogP) is 3.83. The lowest BCUT2D eigenvalue weighted by Crippen LogP contribution is -2.13. The van der Waals surface area contributed by atoms with E-state index < -0.39 is 11.9 Å². The molecule has 0 aromatic heterocycles. The highest BCUT2D eigenvalue weighted by Crippen LogP contribution is 2.22. The van der Waals surface area contributed by atoms with Gasteiger partial charge in [0, 0.05) is 0 Å². The van der Waals surface area contributed by atoms with Gasteiger partial charge in [-0.2, -0.15) is 0 Å². The Labute approximate surface area is 135 Å². The molecule has 0 saturated carbocycles. The van der Waals surface area contributed by atoms with Gasteiger partial charge in [0.15, 0.2) is 0 Å². The minimum atomic E-state index is -1.25. The van der Waals surface area contributed by atoms with Gasteiger partial charge in [0.25, 0.3) is 0 Å². The molecule has 0 aliphatic heterocycles. The van der Waals surface area contributed by atoms with Crippen molar-refractivity contribution in [3.8, 4) is 0 Å². The number of allylic oxidation sites excluding steroid dienone is 2. The second-order valence-electron chi connectivity index (χ2n) is 4.19. The molecule has 0 aliphatic carbocycles. The number of aromatic carboxylic acids is 2. The van der Waals surface area contributed by atoms with E-state index in [1.54, 1.807) is 18.2 Å². The predicted molar refractivity (Wildman–Crippen MR) is 89.6 cm³/mol. The molecule has 0 unspecified atom stereocenters. The lowest BCUT2D eigenvalue weighted by atomic mass is 9.92. The fourth-order valence-corrected chi connectivity index (χ4v) is 1.91. The molecule has 2 N–H and O–H groups in total. The number of hydrogen-bond acceptors (Lipinski definition) is 3. The summed E-state index contributed by atoms with van der Waals surface area (Å²) in [6.07, 6.45) is 6.63. The first kappa shape index (κ1) is 19.9. The molecular formula is C18H20O5. The van der Waals surface area contributed by atoms with Gasteiger partial charge in [0.05, 0.1) is 23.7 Å². The summed E-state index contributed by atoms with van der Waals surface area (Å²) < 4.78 is 4.36. The van der Waals surface area contributed by atoms with Crippen LogP contribution in [0.5, 0.6) is 0 Å². The SMILES string of the molecule is C=CCc1ccc(C(=O)O)c(C(=O)O)c1CC=C.C=COC=C. The van der Waals surface area contributed by atoms with Crippen LogP contribution in [0.3, 0.4) is 0 Å². The average Bonchev–Trinajstić information content (AvgIpc) is 2.50. The van der Waals surface area contributed by atoms with E-state index in [0.29, 0.717) is 18.4 Å². The Kier molecular flexibility index (Phi) is 9.20. The summed E-state index contributed by atoms with van der Waals surface area (Å²) in [4.78, 5) is 22.3. The Bertz CT molecular complexity index is 608. The van der Waals surface area contributed by atoms with Gasteiger partial charge < -0.3 is 14.9 Å². The number of carboxylic acids is 2. The summed E-state index contributed by atoms with van der Waals surface area (Å²) in [6.45, 7) is 13.7. The molecule has 0 amide bonds. The zero-order chi connectivity index (χ0) is 17.8. The van der Waals surface area contributed by atoms with Crippen LogP contribution < -0.4 is 0 Å². The second-order valence-corrected chi connectivity index (χ2v) is 4.19. The highest BCUT2D eigenvalue weighted by Gasteiger charge is 2.21. The Hall–Kier alpha value is -3.08. The first-order valence-corrected chi connectivity index (χ1v) is 6.64. The number of rotatable bonds is 8. The molecule has 0 radical (unpaired) electrons. The third kappa shape index (κ3) is 6.05. The number of ether oxygens (including phenoxy) is 1. The lowest BCUT2D eigenvalue weighted by molar-refractivity contribution is 0.0650. The number of carboxylic acid groups (broad SMARTS) is 2. The van der Waals surface area contributed by atoms with Gasteiger partial charge in [-0.15, -0.1) is 13.2 Å². The van der Waals surface area contributed by atoms with Crippen LogP contribution in [0.15, 0.2) is 63.1 Å². The summed E-state index contributed by atoms with van der Waals surface area (Å²) in [5.41, 5.74) is 0.874. The molecule has 23 heavy (non-hydrogen) atoms. The monoisotopic (exact) mass is 316 g/mol. The molecule has 0 aliphatic rings. The quantitative estimate of drug-likeness (QED) is 0.562. The van der Waals surface area contributed by atoms with Gasteiger partial charge in [-0.25, -0.2) is 9.59 Å². The fourth-order valence-electron chi connectivity index (χ4n) is 1.91. The minimum absolute atomic E-state index is 0.165. The minimum Gasteiger partial charge on any atom is -0.478 e. The second kappa shape index (κ2) is 10.6. The Morgan fingerprint density at radius 2 is 1.52 bits per heavy atom. The number of hydrogen-bond donors (Lipinski definition) is 2. The van der Waals surface area contributed by atoms with Crippen molar-refractivity contribution in [2.24, 2.45) is 0 Å². The summed E-state index contributed by atoms with van der Waals surface area (Å²) in [5, 5.41) is 18.2. The van der Waals surface area contributed by atoms with Gasteiger partial charge in [0.2, 0.25) is 0 Å². The molecule has 1 aromatic carbocycles. The van der Waals surface area contributed by atoms with Crippen LogP contribution in [0.1, 0.15) is 31.8 Å². The third-order valence-corrected chi connectivity index (χ3v) is 2.76. The van der Waals surface area contributed by atoms with Crippen molar-refractivity contribution in [2.75, 3.05) is 0 Å². The van der Waals surface area contributed by atoms with Gasteiger partial charge in [-0.05, 0) is 30.0 Å². The topological polar surface area (TPSA) is 83.8 Å². The Balaban J connectivity index is 0.000000841. The van der Waals surface area contributed by atoms with E-state index in [9.17, 15) is 14.7 Å². The normalized spacial score (nSPS) is 8.87. The van der Waals surface area contributed by atoms with Crippen molar-refractivity contribution in [1.82, 2.24) is 0 Å². The van der Waals surface area contributed by atoms with Gasteiger partial charge >= 0.3 is 11.9 Å². The molecule has 0 bridgehead atoms. The molecule has 0 saturated heterocycles. The maximum atomic E-state index is 11.3. The van der Waals surface area contributed by atoms with Crippen LogP contribution in [0, 0.1) is 0 Å². The van der Waals surface area contributed by atoms with Gasteiger partial charge in [-0.3, -0.25) is 0 Å². The van der Waals surface area contributed by atoms with Crippen molar-refractivity contribution < 1.29 is 24.5 Å². The van der Waals surface area contributed by atoms with Crippen molar-refractivity contribution in [1.29, 1.82) is 0 Å². The number of benzene rings is 1. The van der Waals surface area contributed by atoms with Crippen molar-refractivity contribution in [2.45, 2.75) is 12.8 Å². The summed E-state index contributed by atoms with van der Waals surface area (Å²) in [5.74, 6) is -2.49. The molecule has 0 fully saturated rings. The molecule has 5 heteroatoms. The van der Waals surface area contributed by atoms with E-state index in [0.717, 1.165) is 5.56 Å². The van der Waals surface area contributed by atoms with E-state index >= 15 is 0 Å². The largest absolute Gasteiger partial charge is 0.478 e. The van der Waals surface area contributed by atoms with Crippen LogP contribution in [0.25, 0.3) is 0 Å². The van der Waals surface area contributed by atoms with E-state index in [2.05, 4.69) is 31.1 Å². The summed E-state index contributed by atoms with van der Waals surface area (Å²) >= 11 is 0. The van der Waals surface area contributed by atoms with Crippen LogP contribution in [0.2, 0.25) is 0 Å². The van der Waals surface area contributed by atoms with Crippen LogP contribution in [0.4, 0.5) is 0 Å². The number of carbonyl (C=O) groups is 2. The zero-order valence-electron chi connectivity index (χ0n) is 12.8. The molecule has 0 spiro atoms. The van der Waals surface area contributed by atoms with E-state index in [-0.39, 0.29) is 11.1 Å². The Morgan fingerprint density at radius 3 is 1.87 bits per heavy atom. The van der Waals surface area contributed by atoms with E-state index in [1.807, 2.05) is 0 Å². The van der Waals surface area contributed by atoms with Crippen LogP contribution in [-0.4, -0.2) is 22.2 Å². The standard InChI is InChI=1S/C14H14O4.C4H6O/c1-3-5-9-7-8-11(13(15)16)12(14(17)18)10(9)6-4-2;1-3-5-4-2/h3-4,7-8H,1-2,5-6H2,(H,15,16)(H,17,18);3-4H,1-2H2.